The van der Waals surface area contributed by atoms with Gasteiger partial charge in [-0.05, 0) is 42.9 Å². The summed E-state index contributed by atoms with van der Waals surface area (Å²) in [5.74, 6) is 6.51. The first kappa shape index (κ1) is 14.2. The maximum absolute atomic E-state index is 12.6. The SMILES string of the molecule is O=C1CC2(CCCC2)Cc2ncc(C#Cc3ccccc3)cc21. The third-order valence-electron chi connectivity index (χ3n) is 5.14. The van der Waals surface area contributed by atoms with Crippen molar-refractivity contribution in [2.45, 2.75) is 38.5 Å². The largest absolute Gasteiger partial charge is 0.294 e. The molecule has 4 rings (SSSR count). The van der Waals surface area contributed by atoms with Crippen LogP contribution in [0.15, 0.2) is 42.6 Å². The highest BCUT2D eigenvalue weighted by atomic mass is 16.1. The average molecular weight is 301 g/mol. The van der Waals surface area contributed by atoms with Crippen molar-refractivity contribution in [3.63, 3.8) is 0 Å². The van der Waals surface area contributed by atoms with Crippen molar-refractivity contribution in [1.29, 1.82) is 0 Å². The molecule has 1 fully saturated rings. The van der Waals surface area contributed by atoms with Gasteiger partial charge in [0.05, 0.1) is 5.69 Å². The Bertz CT molecular complexity index is 805. The van der Waals surface area contributed by atoms with Crippen LogP contribution in [0.1, 0.15) is 59.3 Å². The van der Waals surface area contributed by atoms with E-state index in [2.05, 4.69) is 16.8 Å². The molecule has 2 aromatic rings. The molecule has 0 N–H and O–H groups in total. The number of rotatable bonds is 0. The molecule has 1 heterocycles. The van der Waals surface area contributed by atoms with Crippen LogP contribution in [0.2, 0.25) is 0 Å². The second kappa shape index (κ2) is 5.66. The number of benzene rings is 1. The van der Waals surface area contributed by atoms with Crippen LogP contribution in [0.5, 0.6) is 0 Å². The molecule has 1 saturated carbocycles. The molecule has 2 nitrogen and oxygen atoms in total. The van der Waals surface area contributed by atoms with Crippen LogP contribution in [0.25, 0.3) is 0 Å². The van der Waals surface area contributed by atoms with Gasteiger partial charge < -0.3 is 0 Å². The highest BCUT2D eigenvalue weighted by molar-refractivity contribution is 5.99. The number of nitrogens with zero attached hydrogens (tertiary/aromatic N) is 1. The normalized spacial score (nSPS) is 18.3. The van der Waals surface area contributed by atoms with Crippen molar-refractivity contribution in [2.75, 3.05) is 0 Å². The zero-order valence-corrected chi connectivity index (χ0v) is 13.1. The lowest BCUT2D eigenvalue weighted by Crippen LogP contribution is -2.30. The first-order valence-electron chi connectivity index (χ1n) is 8.33. The van der Waals surface area contributed by atoms with Crippen molar-refractivity contribution in [1.82, 2.24) is 4.98 Å². The van der Waals surface area contributed by atoms with Crippen LogP contribution in [-0.4, -0.2) is 10.8 Å². The van der Waals surface area contributed by atoms with Crippen LogP contribution < -0.4 is 0 Å². The Morgan fingerprint density at radius 1 is 0.957 bits per heavy atom. The molecule has 2 aliphatic rings. The Morgan fingerprint density at radius 3 is 2.48 bits per heavy atom. The predicted octanol–water partition coefficient (Wildman–Crippen LogP) is 4.17. The first-order valence-corrected chi connectivity index (χ1v) is 8.33. The molecule has 2 aliphatic carbocycles. The summed E-state index contributed by atoms with van der Waals surface area (Å²) in [6.07, 6.45) is 8.32. The van der Waals surface area contributed by atoms with Gasteiger partial charge in [0.25, 0.3) is 0 Å². The number of carbonyl (C=O) groups excluding carboxylic acids is 1. The van der Waals surface area contributed by atoms with Crippen molar-refractivity contribution < 1.29 is 4.79 Å². The lowest BCUT2D eigenvalue weighted by Gasteiger charge is -2.32. The van der Waals surface area contributed by atoms with Crippen LogP contribution >= 0.6 is 0 Å². The zero-order chi connectivity index (χ0) is 15.7. The Labute approximate surface area is 137 Å². The third kappa shape index (κ3) is 2.80. The Morgan fingerprint density at radius 2 is 1.70 bits per heavy atom. The van der Waals surface area contributed by atoms with Crippen molar-refractivity contribution in [3.8, 4) is 11.8 Å². The molecule has 1 aromatic heterocycles. The van der Waals surface area contributed by atoms with E-state index >= 15 is 0 Å². The quantitative estimate of drug-likeness (QED) is 0.684. The molecule has 2 heteroatoms. The maximum atomic E-state index is 12.6. The summed E-state index contributed by atoms with van der Waals surface area (Å²) in [6, 6.07) is 11.8. The molecule has 0 unspecified atom stereocenters. The molecule has 0 aliphatic heterocycles. The number of aromatic nitrogens is 1. The average Bonchev–Trinajstić information content (AvgIpc) is 3.02. The summed E-state index contributed by atoms with van der Waals surface area (Å²) in [5, 5.41) is 0. The number of carbonyl (C=O) groups is 1. The number of Topliss-reactive ketones (excluding diaryl/α,β-unsaturated/α-hetero) is 1. The van der Waals surface area contributed by atoms with Crippen molar-refractivity contribution >= 4 is 5.78 Å². The summed E-state index contributed by atoms with van der Waals surface area (Å²) >= 11 is 0. The van der Waals surface area contributed by atoms with E-state index < -0.39 is 0 Å². The van der Waals surface area contributed by atoms with E-state index in [1.807, 2.05) is 42.6 Å². The van der Waals surface area contributed by atoms with Crippen molar-refractivity contribution in [2.24, 2.45) is 5.41 Å². The van der Waals surface area contributed by atoms with Gasteiger partial charge in [-0.3, -0.25) is 9.78 Å². The maximum Gasteiger partial charge on any atom is 0.165 e. The molecule has 1 aromatic carbocycles. The lowest BCUT2D eigenvalue weighted by molar-refractivity contribution is 0.0885. The van der Waals surface area contributed by atoms with E-state index in [1.165, 1.54) is 25.7 Å². The number of hydrogen-bond donors (Lipinski definition) is 0. The minimum absolute atomic E-state index is 0.203. The second-order valence-corrected chi connectivity index (χ2v) is 6.82. The Hall–Kier alpha value is -2.40. The third-order valence-corrected chi connectivity index (χ3v) is 5.14. The van der Waals surface area contributed by atoms with Crippen LogP contribution in [0.3, 0.4) is 0 Å². The van der Waals surface area contributed by atoms with E-state index in [0.29, 0.717) is 6.42 Å². The highest BCUT2D eigenvalue weighted by Gasteiger charge is 2.41. The standard InChI is InChI=1S/C21H19NO/c23-20-14-21(10-4-5-11-21)13-19-18(20)12-17(15-22-19)9-8-16-6-2-1-3-7-16/h1-3,6-7,12,15H,4-5,10-11,13-14H2. The van der Waals surface area contributed by atoms with Gasteiger partial charge in [0.1, 0.15) is 0 Å². The van der Waals surface area contributed by atoms with E-state index in [4.69, 9.17) is 0 Å². The second-order valence-electron chi connectivity index (χ2n) is 6.82. The minimum Gasteiger partial charge on any atom is -0.294 e. The van der Waals surface area contributed by atoms with Gasteiger partial charge in [-0.2, -0.15) is 0 Å². The Kier molecular flexibility index (Phi) is 3.50. The van der Waals surface area contributed by atoms with E-state index in [1.54, 1.807) is 0 Å². The molecule has 1 spiro atoms. The summed E-state index contributed by atoms with van der Waals surface area (Å²) in [6.45, 7) is 0. The molecule has 0 amide bonds. The summed E-state index contributed by atoms with van der Waals surface area (Å²) in [7, 11) is 0. The predicted molar refractivity (Wildman–Crippen MR) is 90.2 cm³/mol. The molecule has 0 atom stereocenters. The van der Waals surface area contributed by atoms with Gasteiger partial charge in [-0.15, -0.1) is 0 Å². The van der Waals surface area contributed by atoms with E-state index in [-0.39, 0.29) is 11.2 Å². The first-order chi connectivity index (χ1) is 11.2. The number of hydrogen-bond acceptors (Lipinski definition) is 2. The summed E-state index contributed by atoms with van der Waals surface area (Å²) in [4.78, 5) is 17.2. The van der Waals surface area contributed by atoms with Gasteiger partial charge in [-0.1, -0.05) is 42.9 Å². The molecule has 0 saturated heterocycles. The van der Waals surface area contributed by atoms with Gasteiger partial charge in [0, 0.05) is 29.3 Å². The van der Waals surface area contributed by atoms with Gasteiger partial charge >= 0.3 is 0 Å². The fourth-order valence-electron chi connectivity index (χ4n) is 3.94. The fraction of sp³-hybridized carbons (Fsp3) is 0.333. The summed E-state index contributed by atoms with van der Waals surface area (Å²) < 4.78 is 0. The smallest absolute Gasteiger partial charge is 0.165 e. The molecule has 0 radical (unpaired) electrons. The zero-order valence-electron chi connectivity index (χ0n) is 13.1. The monoisotopic (exact) mass is 301 g/mol. The van der Waals surface area contributed by atoms with Crippen LogP contribution in [0.4, 0.5) is 0 Å². The van der Waals surface area contributed by atoms with E-state index in [9.17, 15) is 4.79 Å². The molecule has 23 heavy (non-hydrogen) atoms. The van der Waals surface area contributed by atoms with E-state index in [0.717, 1.165) is 28.8 Å². The van der Waals surface area contributed by atoms with Gasteiger partial charge in [-0.25, -0.2) is 0 Å². The summed E-state index contributed by atoms with van der Waals surface area (Å²) in [5.41, 5.74) is 3.77. The van der Waals surface area contributed by atoms with Crippen LogP contribution in [-0.2, 0) is 6.42 Å². The number of fused-ring (bicyclic) bond motifs is 1. The molecular formula is C21H19NO. The molecular weight excluding hydrogens is 282 g/mol. The number of ketones is 1. The topological polar surface area (TPSA) is 30.0 Å². The van der Waals surface area contributed by atoms with Crippen molar-refractivity contribution in [3.05, 3.63) is 65.0 Å². The molecule has 0 bridgehead atoms. The fourth-order valence-corrected chi connectivity index (χ4v) is 3.94. The van der Waals surface area contributed by atoms with Gasteiger partial charge in [0.15, 0.2) is 5.78 Å². The van der Waals surface area contributed by atoms with Gasteiger partial charge in [0.2, 0.25) is 0 Å². The lowest BCUT2D eigenvalue weighted by atomic mass is 9.71. The molecule has 114 valence electrons. The van der Waals surface area contributed by atoms with Crippen LogP contribution in [0, 0.1) is 17.3 Å². The Balaban J connectivity index is 1.63. The minimum atomic E-state index is 0.203. The highest BCUT2D eigenvalue weighted by Crippen LogP contribution is 2.47. The number of pyridine rings is 1.